The minimum Gasteiger partial charge on any atom is -0.462 e. The maximum Gasteiger partial charge on any atom is 0.315 e. The average Bonchev–Trinajstić information content (AvgIpc) is 3.03. The van der Waals surface area contributed by atoms with Crippen LogP contribution in [0.4, 0.5) is 5.69 Å². The molecule has 2 saturated carbocycles. The van der Waals surface area contributed by atoms with Crippen LogP contribution in [-0.2, 0) is 9.53 Å². The summed E-state index contributed by atoms with van der Waals surface area (Å²) >= 11 is 0. The molecular weight excluding hydrogens is 384 g/mol. The average molecular weight is 424 g/mol. The quantitative estimate of drug-likeness (QED) is 0.598. The lowest BCUT2D eigenvalue weighted by Gasteiger charge is -2.50. The first-order chi connectivity index (χ1) is 14.8. The smallest absolute Gasteiger partial charge is 0.315 e. The van der Waals surface area contributed by atoms with Crippen molar-refractivity contribution in [3.05, 3.63) is 41.5 Å². The van der Waals surface area contributed by atoms with Crippen LogP contribution in [0.15, 0.2) is 30.4 Å². The lowest BCUT2D eigenvalue weighted by Crippen LogP contribution is -3.15. The number of ether oxygens (including phenoxy) is 1. The number of allylic oxidation sites excluding steroid dienone is 1. The molecule has 0 spiro atoms. The topological polar surface area (TPSA) is 34.0 Å². The lowest BCUT2D eigenvalue weighted by molar-refractivity contribution is -0.903. The summed E-state index contributed by atoms with van der Waals surface area (Å²) in [6.45, 7) is 16.5. The van der Waals surface area contributed by atoms with Crippen LogP contribution in [0.2, 0.25) is 0 Å². The fourth-order valence-corrected chi connectivity index (χ4v) is 7.01. The van der Waals surface area contributed by atoms with Gasteiger partial charge in [-0.2, -0.15) is 0 Å². The van der Waals surface area contributed by atoms with E-state index < -0.39 is 0 Å². The number of rotatable bonds is 3. The van der Waals surface area contributed by atoms with Crippen molar-refractivity contribution in [1.29, 1.82) is 0 Å². The van der Waals surface area contributed by atoms with E-state index in [2.05, 4.69) is 50.4 Å². The zero-order valence-corrected chi connectivity index (χ0v) is 19.6. The molecule has 0 amide bonds. The number of fused-ring (bicyclic) bond motifs is 2. The molecule has 2 saturated heterocycles. The molecule has 1 N–H and O–H groups in total. The number of benzene rings is 1. The predicted octanol–water partition coefficient (Wildman–Crippen LogP) is 3.32. The Kier molecular flexibility index (Phi) is 5.40. The highest BCUT2D eigenvalue weighted by Crippen LogP contribution is 2.56. The second-order valence-electron chi connectivity index (χ2n) is 11.1. The maximum atomic E-state index is 12.9. The highest BCUT2D eigenvalue weighted by Gasteiger charge is 2.56. The Morgan fingerprint density at radius 2 is 2.00 bits per heavy atom. The third-order valence-electron chi connectivity index (χ3n) is 9.15. The Balaban J connectivity index is 1.22. The van der Waals surface area contributed by atoms with E-state index in [1.165, 1.54) is 41.6 Å². The maximum absolute atomic E-state index is 12.9. The molecule has 5 rings (SSSR count). The van der Waals surface area contributed by atoms with Gasteiger partial charge in [0, 0.05) is 11.6 Å². The minimum atomic E-state index is 0.0759. The molecule has 0 radical (unpaired) electrons. The third kappa shape index (κ3) is 3.82. The molecule has 168 valence electrons. The van der Waals surface area contributed by atoms with E-state index in [0.29, 0.717) is 11.8 Å². The molecule has 2 aliphatic carbocycles. The molecule has 0 aromatic heterocycles. The Hall–Kier alpha value is -1.81. The van der Waals surface area contributed by atoms with Crippen molar-refractivity contribution in [3.8, 4) is 0 Å². The number of nitrogens with one attached hydrogen (secondary N) is 1. The molecule has 4 fully saturated rings. The Bertz CT molecular complexity index is 872. The highest BCUT2D eigenvalue weighted by atomic mass is 16.6. The molecule has 1 aromatic carbocycles. The van der Waals surface area contributed by atoms with Gasteiger partial charge in [-0.1, -0.05) is 25.1 Å². The molecule has 2 heterocycles. The fraction of sp³-hybridized carbons (Fsp3) is 0.667. The van der Waals surface area contributed by atoms with Crippen LogP contribution in [0.5, 0.6) is 0 Å². The van der Waals surface area contributed by atoms with Crippen molar-refractivity contribution in [2.75, 3.05) is 37.6 Å². The second kappa shape index (κ2) is 7.95. The Morgan fingerprint density at radius 3 is 2.74 bits per heavy atom. The van der Waals surface area contributed by atoms with Gasteiger partial charge in [-0.3, -0.25) is 4.79 Å². The number of aryl methyl sites for hydroxylation is 2. The largest absolute Gasteiger partial charge is 0.462 e. The van der Waals surface area contributed by atoms with Crippen LogP contribution in [0, 0.1) is 37.0 Å². The zero-order chi connectivity index (χ0) is 21.8. The zero-order valence-electron chi connectivity index (χ0n) is 19.6. The van der Waals surface area contributed by atoms with Crippen molar-refractivity contribution in [3.63, 3.8) is 0 Å². The molecule has 4 heteroatoms. The minimum absolute atomic E-state index is 0.0759. The number of carbonyl (C=O) groups excluding carboxylic acids is 1. The van der Waals surface area contributed by atoms with Crippen molar-refractivity contribution < 1.29 is 14.4 Å². The van der Waals surface area contributed by atoms with Gasteiger partial charge >= 0.3 is 5.97 Å². The molecule has 1 aromatic rings. The second-order valence-corrected chi connectivity index (χ2v) is 11.1. The first-order valence-corrected chi connectivity index (χ1v) is 12.4. The van der Waals surface area contributed by atoms with Gasteiger partial charge < -0.3 is 14.5 Å². The van der Waals surface area contributed by atoms with Crippen molar-refractivity contribution >= 4 is 11.7 Å². The van der Waals surface area contributed by atoms with Crippen LogP contribution in [-0.4, -0.2) is 44.8 Å². The molecule has 4 nitrogen and oxygen atoms in total. The summed E-state index contributed by atoms with van der Waals surface area (Å²) in [6.07, 6.45) is 5.96. The predicted molar refractivity (Wildman–Crippen MR) is 124 cm³/mol. The number of esters is 1. The van der Waals surface area contributed by atoms with Crippen LogP contribution in [0.25, 0.3) is 0 Å². The summed E-state index contributed by atoms with van der Waals surface area (Å²) < 4.78 is 5.99. The standard InChI is InChI=1S/C27H38N2O2/c1-18-7-8-21(14-20(18)3)29-12-10-28(11-13-29)17-23-22-15-24-19(2)6-5-9-27(24,4)16-25(22)31-26(23)30/h7-8,14,22-25H,2,5-6,9-13,15-17H2,1,3-4H3/p+1/t22-,23-,24-,25-,27-/m1/s1. The molecule has 5 atom stereocenters. The first kappa shape index (κ1) is 21.1. The van der Waals surface area contributed by atoms with E-state index in [-0.39, 0.29) is 23.4 Å². The van der Waals surface area contributed by atoms with E-state index in [0.717, 1.165) is 45.6 Å². The molecule has 31 heavy (non-hydrogen) atoms. The third-order valence-corrected chi connectivity index (χ3v) is 9.15. The number of nitrogens with zero attached hydrogens (tertiary/aromatic N) is 1. The Labute approximate surface area is 187 Å². The number of hydrogen-bond acceptors (Lipinski definition) is 3. The number of hydrogen-bond donors (Lipinski definition) is 1. The van der Waals surface area contributed by atoms with Crippen molar-refractivity contribution in [2.45, 2.75) is 59.0 Å². The molecule has 0 unspecified atom stereocenters. The SMILES string of the molecule is C=C1CCC[C@]2(C)C[C@H]3OC(=O)[C@H](C[NH+]4CCN(c5ccc(C)c(C)c5)CC4)[C@H]3C[C@H]12. The van der Waals surface area contributed by atoms with Gasteiger partial charge in [0.2, 0.25) is 0 Å². The van der Waals surface area contributed by atoms with Crippen molar-refractivity contribution in [2.24, 2.45) is 23.2 Å². The van der Waals surface area contributed by atoms with Gasteiger partial charge in [0.25, 0.3) is 0 Å². The van der Waals surface area contributed by atoms with Crippen LogP contribution in [0.1, 0.15) is 50.2 Å². The van der Waals surface area contributed by atoms with Crippen LogP contribution in [0.3, 0.4) is 0 Å². The number of quaternary nitrogens is 1. The van der Waals surface area contributed by atoms with E-state index in [4.69, 9.17) is 4.74 Å². The van der Waals surface area contributed by atoms with Crippen molar-refractivity contribution in [1.82, 2.24) is 0 Å². The normalized spacial score (nSPS) is 36.2. The molecule has 4 aliphatic rings. The van der Waals surface area contributed by atoms with Gasteiger partial charge in [-0.25, -0.2) is 0 Å². The van der Waals surface area contributed by atoms with Crippen LogP contribution < -0.4 is 9.80 Å². The summed E-state index contributed by atoms with van der Waals surface area (Å²) in [6, 6.07) is 6.80. The summed E-state index contributed by atoms with van der Waals surface area (Å²) in [4.78, 5) is 17.0. The lowest BCUT2D eigenvalue weighted by atomic mass is 9.55. The van der Waals surface area contributed by atoms with Gasteiger partial charge in [0.05, 0.1) is 32.7 Å². The summed E-state index contributed by atoms with van der Waals surface area (Å²) in [5, 5.41) is 0. The van der Waals surface area contributed by atoms with E-state index >= 15 is 0 Å². The van der Waals surface area contributed by atoms with Gasteiger partial charge in [0.1, 0.15) is 12.0 Å². The monoisotopic (exact) mass is 423 g/mol. The summed E-state index contributed by atoms with van der Waals surface area (Å²) in [5.74, 6) is 1.13. The van der Waals surface area contributed by atoms with E-state index in [1.54, 1.807) is 4.90 Å². The summed E-state index contributed by atoms with van der Waals surface area (Å²) in [7, 11) is 0. The number of piperazine rings is 1. The molecule has 0 bridgehead atoms. The van der Waals surface area contributed by atoms with Gasteiger partial charge in [0.15, 0.2) is 0 Å². The highest BCUT2D eigenvalue weighted by molar-refractivity contribution is 5.75. The fourth-order valence-electron chi connectivity index (χ4n) is 7.01. The molecule has 2 aliphatic heterocycles. The Morgan fingerprint density at radius 1 is 1.23 bits per heavy atom. The number of carbonyl (C=O) groups is 1. The van der Waals surface area contributed by atoms with Gasteiger partial charge in [-0.05, 0) is 80.5 Å². The van der Waals surface area contributed by atoms with E-state index in [1.807, 2.05) is 0 Å². The first-order valence-electron chi connectivity index (χ1n) is 12.4. The summed E-state index contributed by atoms with van der Waals surface area (Å²) in [5.41, 5.74) is 5.77. The van der Waals surface area contributed by atoms with Gasteiger partial charge in [-0.15, -0.1) is 0 Å². The van der Waals surface area contributed by atoms with Crippen LogP contribution >= 0.6 is 0 Å². The number of anilines is 1. The molecular formula is C27H39N2O2+. The van der Waals surface area contributed by atoms with E-state index in [9.17, 15) is 4.79 Å².